The summed E-state index contributed by atoms with van der Waals surface area (Å²) in [7, 11) is 3.66. The van der Waals surface area contributed by atoms with Gasteiger partial charge in [0.05, 0.1) is 13.8 Å². The zero-order valence-corrected chi connectivity index (χ0v) is 15.6. The quantitative estimate of drug-likeness (QED) is 0.771. The molecule has 0 saturated carbocycles. The minimum atomic E-state index is 0.645. The molecule has 0 bridgehead atoms. The predicted molar refractivity (Wildman–Crippen MR) is 98.7 cm³/mol. The number of rotatable bonds is 5. The zero-order valence-electron chi connectivity index (χ0n) is 14.7. The van der Waals surface area contributed by atoms with Crippen molar-refractivity contribution in [3.8, 4) is 17.1 Å². The van der Waals surface area contributed by atoms with Crippen molar-refractivity contribution in [2.45, 2.75) is 45.3 Å². The Morgan fingerprint density at radius 2 is 2.00 bits per heavy atom. The highest BCUT2D eigenvalue weighted by atomic mass is 32.1. The molecule has 0 radical (unpaired) electrons. The molecule has 1 aromatic carbocycles. The van der Waals surface area contributed by atoms with Gasteiger partial charge in [0.1, 0.15) is 5.75 Å². The largest absolute Gasteiger partial charge is 0.497 e. The fraction of sp³-hybridized carbons (Fsp3) is 0.556. The van der Waals surface area contributed by atoms with Crippen LogP contribution >= 0.6 is 12.2 Å². The van der Waals surface area contributed by atoms with Crippen molar-refractivity contribution in [3.63, 3.8) is 0 Å². The third kappa shape index (κ3) is 3.39. The molecule has 3 rings (SSSR count). The Balaban J connectivity index is 1.86. The summed E-state index contributed by atoms with van der Waals surface area (Å²) in [4.78, 5) is 2.52. The smallest absolute Gasteiger partial charge is 0.199 e. The van der Waals surface area contributed by atoms with Gasteiger partial charge in [0.15, 0.2) is 10.6 Å². The molecule has 0 amide bonds. The summed E-state index contributed by atoms with van der Waals surface area (Å²) in [6, 6.07) is 8.60. The molecule has 5 nitrogen and oxygen atoms in total. The number of aromatic nitrogens is 3. The summed E-state index contributed by atoms with van der Waals surface area (Å²) in [5.41, 5.74) is 1.05. The van der Waals surface area contributed by atoms with Gasteiger partial charge < -0.3 is 9.30 Å². The van der Waals surface area contributed by atoms with Crippen molar-refractivity contribution in [1.82, 2.24) is 19.2 Å². The second kappa shape index (κ2) is 7.49. The average Bonchev–Trinajstić information content (AvgIpc) is 2.91. The van der Waals surface area contributed by atoms with Gasteiger partial charge in [-0.25, -0.2) is 4.68 Å². The number of nitrogens with zero attached hydrogens (tertiary/aromatic N) is 4. The predicted octanol–water partition coefficient (Wildman–Crippen LogP) is 3.85. The van der Waals surface area contributed by atoms with Crippen LogP contribution in [0, 0.1) is 4.77 Å². The van der Waals surface area contributed by atoms with E-state index in [-0.39, 0.29) is 0 Å². The lowest BCUT2D eigenvalue weighted by atomic mass is 10.0. The normalized spacial score (nSPS) is 18.7. The van der Waals surface area contributed by atoms with E-state index in [0.29, 0.717) is 6.04 Å². The van der Waals surface area contributed by atoms with Gasteiger partial charge >= 0.3 is 0 Å². The van der Waals surface area contributed by atoms with Crippen LogP contribution in [0.25, 0.3) is 11.4 Å². The number of piperidine rings is 1. The molecule has 6 heteroatoms. The van der Waals surface area contributed by atoms with E-state index < -0.39 is 0 Å². The maximum atomic E-state index is 5.62. The molecule has 1 atom stereocenters. The molecule has 1 fully saturated rings. The van der Waals surface area contributed by atoms with Crippen LogP contribution in [-0.4, -0.2) is 38.9 Å². The second-order valence-corrected chi connectivity index (χ2v) is 6.77. The first-order chi connectivity index (χ1) is 11.6. The third-order valence-electron chi connectivity index (χ3n) is 4.93. The van der Waals surface area contributed by atoms with Crippen LogP contribution in [0.15, 0.2) is 24.3 Å². The molecule has 2 aromatic rings. The minimum Gasteiger partial charge on any atom is -0.497 e. The fourth-order valence-corrected chi connectivity index (χ4v) is 3.64. The molecule has 1 aliphatic heterocycles. The van der Waals surface area contributed by atoms with Crippen molar-refractivity contribution in [2.75, 3.05) is 13.7 Å². The maximum absolute atomic E-state index is 5.62. The van der Waals surface area contributed by atoms with Gasteiger partial charge in [0.25, 0.3) is 0 Å². The van der Waals surface area contributed by atoms with Crippen molar-refractivity contribution < 1.29 is 4.74 Å². The highest BCUT2D eigenvalue weighted by Gasteiger charge is 2.22. The Bertz CT molecular complexity index is 734. The van der Waals surface area contributed by atoms with E-state index in [2.05, 4.69) is 11.8 Å². The molecule has 2 heterocycles. The van der Waals surface area contributed by atoms with Crippen molar-refractivity contribution in [3.05, 3.63) is 29.0 Å². The number of hydrogen-bond acceptors (Lipinski definition) is 4. The number of benzene rings is 1. The van der Waals surface area contributed by atoms with Crippen molar-refractivity contribution in [1.29, 1.82) is 0 Å². The lowest BCUT2D eigenvalue weighted by Crippen LogP contribution is -2.40. The van der Waals surface area contributed by atoms with Crippen LogP contribution in [-0.2, 0) is 13.7 Å². The SMILES string of the molecule is CC[C@@H]1CCCCN1Cn1nc(-c2ccc(OC)cc2)n(C)c1=S. The zero-order chi connectivity index (χ0) is 17.1. The molecule has 1 aromatic heterocycles. The second-order valence-electron chi connectivity index (χ2n) is 6.40. The van der Waals surface area contributed by atoms with Gasteiger partial charge in [-0.3, -0.25) is 4.90 Å². The maximum Gasteiger partial charge on any atom is 0.199 e. The van der Waals surface area contributed by atoms with Crippen LogP contribution in [0.2, 0.25) is 0 Å². The number of ether oxygens (including phenoxy) is 1. The summed E-state index contributed by atoms with van der Waals surface area (Å²) in [5.74, 6) is 1.74. The number of likely N-dealkylation sites (tertiary alicyclic amines) is 1. The van der Waals surface area contributed by atoms with Crippen molar-refractivity contribution in [2.24, 2.45) is 7.05 Å². The highest BCUT2D eigenvalue weighted by molar-refractivity contribution is 7.71. The minimum absolute atomic E-state index is 0.645. The van der Waals surface area contributed by atoms with Crippen LogP contribution < -0.4 is 4.74 Å². The Hall–Kier alpha value is -1.66. The van der Waals surface area contributed by atoms with E-state index in [4.69, 9.17) is 22.1 Å². The van der Waals surface area contributed by atoms with E-state index in [9.17, 15) is 0 Å². The summed E-state index contributed by atoms with van der Waals surface area (Å²) in [6.07, 6.45) is 5.06. The summed E-state index contributed by atoms with van der Waals surface area (Å²) >= 11 is 5.62. The number of methoxy groups -OCH3 is 1. The molecule has 1 aliphatic rings. The average molecular weight is 347 g/mol. The van der Waals surface area contributed by atoms with E-state index in [1.54, 1.807) is 7.11 Å². The molecule has 0 aliphatic carbocycles. The van der Waals surface area contributed by atoms with Crippen LogP contribution in [0.5, 0.6) is 5.75 Å². The summed E-state index contributed by atoms with van der Waals surface area (Å²) in [5, 5.41) is 4.79. The molecule has 1 saturated heterocycles. The van der Waals surface area contributed by atoms with Gasteiger partial charge in [0, 0.05) is 25.2 Å². The summed E-state index contributed by atoms with van der Waals surface area (Å²) in [6.45, 7) is 4.18. The van der Waals surface area contributed by atoms with E-state index >= 15 is 0 Å². The lowest BCUT2D eigenvalue weighted by molar-refractivity contribution is 0.100. The van der Waals surface area contributed by atoms with Gasteiger partial charge in [-0.05, 0) is 55.7 Å². The topological polar surface area (TPSA) is 35.2 Å². The summed E-state index contributed by atoms with van der Waals surface area (Å²) < 4.78 is 9.94. The Labute approximate surface area is 148 Å². The van der Waals surface area contributed by atoms with E-state index in [1.807, 2.05) is 40.6 Å². The molecular weight excluding hydrogens is 320 g/mol. The van der Waals surface area contributed by atoms with Crippen LogP contribution in [0.1, 0.15) is 32.6 Å². The van der Waals surface area contributed by atoms with Gasteiger partial charge in [0.2, 0.25) is 0 Å². The van der Waals surface area contributed by atoms with Gasteiger partial charge in [-0.2, -0.15) is 5.10 Å². The van der Waals surface area contributed by atoms with Crippen LogP contribution in [0.3, 0.4) is 0 Å². The van der Waals surface area contributed by atoms with E-state index in [1.165, 1.54) is 25.7 Å². The third-order valence-corrected chi connectivity index (χ3v) is 5.41. The first-order valence-electron chi connectivity index (χ1n) is 8.66. The standard InChI is InChI=1S/C18H26N4OS/c1-4-15-7-5-6-12-21(15)13-22-18(24)20(2)17(19-22)14-8-10-16(23-3)11-9-14/h8-11,15H,4-7,12-13H2,1-3H3/t15-/m1/s1. The molecular formula is C18H26N4OS. The first-order valence-corrected chi connectivity index (χ1v) is 9.07. The first kappa shape index (κ1) is 17.2. The molecule has 0 N–H and O–H groups in total. The Morgan fingerprint density at radius 3 is 2.67 bits per heavy atom. The van der Waals surface area contributed by atoms with Crippen LogP contribution in [0.4, 0.5) is 0 Å². The van der Waals surface area contributed by atoms with Gasteiger partial charge in [-0.1, -0.05) is 13.3 Å². The Kier molecular flexibility index (Phi) is 5.36. The monoisotopic (exact) mass is 346 g/mol. The van der Waals surface area contributed by atoms with E-state index in [0.717, 1.165) is 35.1 Å². The Morgan fingerprint density at radius 1 is 1.25 bits per heavy atom. The van der Waals surface area contributed by atoms with Gasteiger partial charge in [-0.15, -0.1) is 0 Å². The molecule has 24 heavy (non-hydrogen) atoms. The number of hydrogen-bond donors (Lipinski definition) is 0. The molecule has 130 valence electrons. The van der Waals surface area contributed by atoms with Crippen molar-refractivity contribution >= 4 is 12.2 Å². The fourth-order valence-electron chi connectivity index (χ4n) is 3.45. The highest BCUT2D eigenvalue weighted by Crippen LogP contribution is 2.23. The lowest BCUT2D eigenvalue weighted by Gasteiger charge is -2.34. The molecule has 0 spiro atoms. The molecule has 0 unspecified atom stereocenters.